The zero-order valence-electron chi connectivity index (χ0n) is 23.3. The minimum atomic E-state index is -1.38. The number of anilines is 1. The summed E-state index contributed by atoms with van der Waals surface area (Å²) in [7, 11) is 4.02. The monoisotopic (exact) mass is 543 g/mol. The number of hydrogen-bond acceptors (Lipinski definition) is 4. The van der Waals surface area contributed by atoms with Crippen molar-refractivity contribution in [2.24, 2.45) is 17.3 Å². The highest BCUT2D eigenvalue weighted by atomic mass is 19.1. The molecule has 1 heterocycles. The molecule has 4 nitrogen and oxygen atoms in total. The second kappa shape index (κ2) is 9.98. The Kier molecular flexibility index (Phi) is 6.71. The molecule has 0 aromatic heterocycles. The van der Waals surface area contributed by atoms with E-state index < -0.39 is 22.7 Å². The quantitative estimate of drug-likeness (QED) is 0.452. The maximum atomic E-state index is 13.8. The normalized spacial score (nSPS) is 31.3. The molecule has 6 rings (SSSR count). The molecule has 2 aromatic carbocycles. The molecule has 0 radical (unpaired) electrons. The molecular weight excluding hydrogens is 508 g/mol. The summed E-state index contributed by atoms with van der Waals surface area (Å²) < 4.78 is 34.4. The predicted molar refractivity (Wildman–Crippen MR) is 151 cm³/mol. The molecule has 0 amide bonds. The number of aliphatic hydroxyl groups is 1. The minimum absolute atomic E-state index is 0.0972. The molecule has 3 fully saturated rings. The molecule has 2 saturated carbocycles. The van der Waals surface area contributed by atoms with Crippen LogP contribution < -0.4 is 4.90 Å². The van der Waals surface area contributed by atoms with Crippen molar-refractivity contribution in [3.8, 4) is 11.8 Å². The Morgan fingerprint density at radius 2 is 1.80 bits per heavy atom. The van der Waals surface area contributed by atoms with E-state index >= 15 is 0 Å². The Bertz CT molecular complexity index is 1460. The van der Waals surface area contributed by atoms with Gasteiger partial charge in [0, 0.05) is 49.7 Å². The molecule has 40 heavy (non-hydrogen) atoms. The Labute approximate surface area is 234 Å². The van der Waals surface area contributed by atoms with Gasteiger partial charge in [0.1, 0.15) is 29.1 Å². The van der Waals surface area contributed by atoms with Crippen LogP contribution in [0.5, 0.6) is 0 Å². The van der Waals surface area contributed by atoms with Gasteiger partial charge in [-0.1, -0.05) is 37.0 Å². The average Bonchev–Trinajstić information content (AvgIpc) is 3.08. The van der Waals surface area contributed by atoms with Crippen LogP contribution in [0.3, 0.4) is 0 Å². The summed E-state index contributed by atoms with van der Waals surface area (Å²) in [6.07, 6.45) is 5.68. The van der Waals surface area contributed by atoms with Crippen molar-refractivity contribution in [2.45, 2.75) is 57.2 Å². The Balaban J connectivity index is 1.43. The van der Waals surface area contributed by atoms with Crippen molar-refractivity contribution < 1.29 is 23.4 Å². The predicted octanol–water partition coefficient (Wildman–Crippen LogP) is 6.30. The van der Waals surface area contributed by atoms with Gasteiger partial charge in [-0.05, 0) is 84.1 Å². The van der Waals surface area contributed by atoms with Crippen molar-refractivity contribution in [1.29, 1.82) is 0 Å². The third kappa shape index (κ3) is 4.50. The number of Topliss-reactive ketones (excluding diaryl/α,β-unsaturated/α-hetero) is 1. The van der Waals surface area contributed by atoms with Crippen molar-refractivity contribution >= 4 is 11.5 Å². The zero-order valence-corrected chi connectivity index (χ0v) is 23.3. The van der Waals surface area contributed by atoms with E-state index in [4.69, 9.17) is 4.74 Å². The van der Waals surface area contributed by atoms with Crippen LogP contribution in [0.25, 0.3) is 0 Å². The van der Waals surface area contributed by atoms with Gasteiger partial charge in [0.15, 0.2) is 0 Å². The SMILES string of the molecule is CN(C)c1ccc([C@H]2OC[C@@]3(C)C(CC[C@@]3(O)C#Cc3cc(F)cc(F)c3)C3CC=C4CC(=O)CCC4=C32)cc1. The number of ketones is 1. The third-order valence-corrected chi connectivity index (χ3v) is 9.68. The summed E-state index contributed by atoms with van der Waals surface area (Å²) in [5, 5.41) is 12.1. The molecule has 1 aliphatic heterocycles. The van der Waals surface area contributed by atoms with Gasteiger partial charge in [-0.3, -0.25) is 4.79 Å². The van der Waals surface area contributed by atoms with Gasteiger partial charge in [0.25, 0.3) is 0 Å². The van der Waals surface area contributed by atoms with Crippen LogP contribution in [0.1, 0.15) is 62.7 Å². The number of nitrogens with zero attached hydrogens (tertiary/aromatic N) is 1. The van der Waals surface area contributed by atoms with Gasteiger partial charge in [-0.15, -0.1) is 0 Å². The molecule has 6 heteroatoms. The molecular formula is C34H35F2NO3. The lowest BCUT2D eigenvalue weighted by molar-refractivity contribution is -0.118. The summed E-state index contributed by atoms with van der Waals surface area (Å²) in [6, 6.07) is 11.6. The van der Waals surface area contributed by atoms with E-state index in [1.54, 1.807) is 0 Å². The summed E-state index contributed by atoms with van der Waals surface area (Å²) in [6.45, 7) is 2.34. The van der Waals surface area contributed by atoms with E-state index in [0.717, 1.165) is 35.7 Å². The maximum Gasteiger partial charge on any atom is 0.137 e. The number of allylic oxidation sites excluding steroid dienone is 3. The first-order valence-electron chi connectivity index (χ1n) is 14.1. The smallest absolute Gasteiger partial charge is 0.137 e. The topological polar surface area (TPSA) is 49.8 Å². The number of hydrogen-bond donors (Lipinski definition) is 1. The van der Waals surface area contributed by atoms with Crippen LogP contribution in [0.15, 0.2) is 65.3 Å². The van der Waals surface area contributed by atoms with E-state index in [-0.39, 0.29) is 29.3 Å². The van der Waals surface area contributed by atoms with Crippen LogP contribution >= 0.6 is 0 Å². The fourth-order valence-electron chi connectivity index (χ4n) is 7.43. The number of fused-ring (bicyclic) bond motifs is 4. The first-order chi connectivity index (χ1) is 19.1. The Morgan fingerprint density at radius 1 is 1.07 bits per heavy atom. The van der Waals surface area contributed by atoms with Crippen LogP contribution in [0, 0.1) is 40.7 Å². The van der Waals surface area contributed by atoms with Gasteiger partial charge in [-0.25, -0.2) is 8.78 Å². The van der Waals surface area contributed by atoms with Gasteiger partial charge >= 0.3 is 0 Å². The maximum absolute atomic E-state index is 13.8. The van der Waals surface area contributed by atoms with E-state index in [1.807, 2.05) is 14.1 Å². The highest BCUT2D eigenvalue weighted by Gasteiger charge is 2.61. The molecule has 1 N–H and O–H groups in total. The highest BCUT2D eigenvalue weighted by molar-refractivity contribution is 5.84. The van der Waals surface area contributed by atoms with Gasteiger partial charge < -0.3 is 14.7 Å². The van der Waals surface area contributed by atoms with Gasteiger partial charge in [0.05, 0.1) is 6.61 Å². The molecule has 1 saturated heterocycles. The molecule has 2 aromatic rings. The third-order valence-electron chi connectivity index (χ3n) is 9.68. The summed E-state index contributed by atoms with van der Waals surface area (Å²) >= 11 is 0. The van der Waals surface area contributed by atoms with Gasteiger partial charge in [0.2, 0.25) is 0 Å². The van der Waals surface area contributed by atoms with Gasteiger partial charge in [-0.2, -0.15) is 0 Å². The van der Waals surface area contributed by atoms with Crippen molar-refractivity contribution in [3.63, 3.8) is 0 Å². The average molecular weight is 544 g/mol. The second-order valence-corrected chi connectivity index (χ2v) is 12.2. The molecule has 2 unspecified atom stereocenters. The van der Waals surface area contributed by atoms with Crippen molar-refractivity contribution in [2.75, 3.05) is 25.6 Å². The number of benzene rings is 2. The van der Waals surface area contributed by atoms with Crippen molar-refractivity contribution in [1.82, 2.24) is 0 Å². The number of rotatable bonds is 2. The lowest BCUT2D eigenvalue weighted by atomic mass is 9.62. The van der Waals surface area contributed by atoms with E-state index in [0.29, 0.717) is 32.3 Å². The number of carbonyl (C=O) groups excluding carboxylic acids is 1. The van der Waals surface area contributed by atoms with Crippen LogP contribution in [-0.4, -0.2) is 37.2 Å². The largest absolute Gasteiger partial charge is 0.378 e. The lowest BCUT2D eigenvalue weighted by Gasteiger charge is -2.42. The molecule has 0 bridgehead atoms. The molecule has 0 spiro atoms. The molecule has 4 aliphatic rings. The summed E-state index contributed by atoms with van der Waals surface area (Å²) in [5.74, 6) is 5.03. The van der Waals surface area contributed by atoms with E-state index in [9.17, 15) is 18.7 Å². The first-order valence-corrected chi connectivity index (χ1v) is 14.1. The standard InChI is InChI=1S/C34H35F2NO3/c1-33-20-40-32(22-4-7-26(8-5-22)37(2)3)31-28-11-9-27(38)18-23(28)6-10-29(31)30(33)13-15-34(33,39)14-12-21-16-24(35)19-25(36)17-21/h4-8,16-17,19,29-30,32,39H,9-11,13,15,18,20H2,1-3H3/t29?,30?,32-,33+,34+/m1/s1. The summed E-state index contributed by atoms with van der Waals surface area (Å²) in [4.78, 5) is 14.4. The molecule has 3 aliphatic carbocycles. The molecule has 5 atom stereocenters. The number of carbonyl (C=O) groups is 1. The van der Waals surface area contributed by atoms with Crippen LogP contribution in [0.4, 0.5) is 14.5 Å². The Hall–Kier alpha value is -3.27. The van der Waals surface area contributed by atoms with E-state index in [1.165, 1.54) is 23.3 Å². The fourth-order valence-corrected chi connectivity index (χ4v) is 7.43. The van der Waals surface area contributed by atoms with Crippen molar-refractivity contribution in [3.05, 3.63) is 88.0 Å². The van der Waals surface area contributed by atoms with Crippen LogP contribution in [0.2, 0.25) is 0 Å². The van der Waals surface area contributed by atoms with E-state index in [2.05, 4.69) is 54.0 Å². The molecule has 208 valence electrons. The van der Waals surface area contributed by atoms with Crippen LogP contribution in [-0.2, 0) is 9.53 Å². The number of ether oxygens (including phenoxy) is 1. The summed E-state index contributed by atoms with van der Waals surface area (Å²) in [5.41, 5.74) is 3.91. The highest BCUT2D eigenvalue weighted by Crippen LogP contribution is 2.61. The number of halogens is 2. The lowest BCUT2D eigenvalue weighted by Crippen LogP contribution is -2.48. The fraction of sp³-hybridized carbons (Fsp3) is 0.441. The minimum Gasteiger partial charge on any atom is -0.378 e. The Morgan fingerprint density at radius 3 is 2.50 bits per heavy atom. The first kappa shape index (κ1) is 26.9. The zero-order chi connectivity index (χ0) is 28.2. The second-order valence-electron chi connectivity index (χ2n) is 12.2.